The molecule has 1 N–H and O–H groups in total. The predicted molar refractivity (Wildman–Crippen MR) is 105 cm³/mol. The fourth-order valence-electron chi connectivity index (χ4n) is 3.77. The van der Waals surface area contributed by atoms with Gasteiger partial charge in [0.15, 0.2) is 0 Å². The summed E-state index contributed by atoms with van der Waals surface area (Å²) in [5, 5.41) is 10.4. The number of hydrogen-bond acceptors (Lipinski definition) is 4. The lowest BCUT2D eigenvalue weighted by Gasteiger charge is -2.53. The molecule has 1 aliphatic heterocycles. The van der Waals surface area contributed by atoms with Crippen molar-refractivity contribution in [2.24, 2.45) is 0 Å². The summed E-state index contributed by atoms with van der Waals surface area (Å²) in [6.07, 6.45) is 3.11. The second-order valence-corrected chi connectivity index (χ2v) is 9.04. The molecule has 1 saturated heterocycles. The Kier molecular flexibility index (Phi) is 9.37. The van der Waals surface area contributed by atoms with Crippen molar-refractivity contribution in [3.05, 3.63) is 28.7 Å². The summed E-state index contributed by atoms with van der Waals surface area (Å²) in [6.45, 7) is 11.0. The lowest BCUT2D eigenvalue weighted by atomic mass is 9.79. The van der Waals surface area contributed by atoms with Crippen LogP contribution in [0.2, 0.25) is 0 Å². The number of hydrogen-bond donors (Lipinski definition) is 1. The number of nitrogens with zero attached hydrogens (tertiary/aromatic N) is 1. The van der Waals surface area contributed by atoms with Gasteiger partial charge in [0.1, 0.15) is 12.4 Å². The molecule has 0 amide bonds. The van der Waals surface area contributed by atoms with Gasteiger partial charge in [-0.15, -0.1) is 0 Å². The van der Waals surface area contributed by atoms with Crippen molar-refractivity contribution < 1.29 is 27.0 Å². The van der Waals surface area contributed by atoms with Crippen LogP contribution >= 0.6 is 15.9 Å². The van der Waals surface area contributed by atoms with Gasteiger partial charge in [0.2, 0.25) is 0 Å². The van der Waals surface area contributed by atoms with Crippen LogP contribution in [0.3, 0.4) is 0 Å². The monoisotopic (exact) mass is 448 g/mol. The topological polar surface area (TPSA) is 41.9 Å². The molecule has 2 rings (SSSR count). The molecule has 6 heteroatoms. The molecule has 4 nitrogen and oxygen atoms in total. The van der Waals surface area contributed by atoms with E-state index in [1.165, 1.54) is 19.3 Å². The Morgan fingerprint density at radius 1 is 1.08 bits per heavy atom. The summed E-state index contributed by atoms with van der Waals surface area (Å²) in [5.41, 5.74) is 0.237. The Hall–Kier alpha value is -0.330. The summed E-state index contributed by atoms with van der Waals surface area (Å²) in [6, 6.07) is 7.73. The number of piperidine rings is 1. The van der Waals surface area contributed by atoms with Gasteiger partial charge in [0.05, 0.1) is 19.3 Å². The van der Waals surface area contributed by atoms with E-state index in [1.54, 1.807) is 0 Å². The van der Waals surface area contributed by atoms with Gasteiger partial charge in [-0.2, -0.15) is 0 Å². The first-order chi connectivity index (χ1) is 11.7. The highest BCUT2D eigenvalue weighted by Crippen LogP contribution is 2.38. The highest BCUT2D eigenvalue weighted by molar-refractivity contribution is 9.10. The van der Waals surface area contributed by atoms with Crippen LogP contribution in [0.15, 0.2) is 28.7 Å². The number of halogens is 2. The van der Waals surface area contributed by atoms with Gasteiger partial charge in [-0.25, -0.2) is 0 Å². The highest BCUT2D eigenvalue weighted by atomic mass is 79.9. The average molecular weight is 450 g/mol. The van der Waals surface area contributed by atoms with E-state index < -0.39 is 6.10 Å². The summed E-state index contributed by atoms with van der Waals surface area (Å²) >= 11 is 3.40. The van der Waals surface area contributed by atoms with E-state index in [-0.39, 0.29) is 23.5 Å². The Labute approximate surface area is 172 Å². The lowest BCUT2D eigenvalue weighted by Crippen LogP contribution is -3.00. The van der Waals surface area contributed by atoms with Gasteiger partial charge in [0, 0.05) is 22.1 Å². The molecule has 0 radical (unpaired) electrons. The van der Waals surface area contributed by atoms with Crippen molar-refractivity contribution >= 4 is 15.9 Å². The van der Waals surface area contributed by atoms with Gasteiger partial charge in [0.25, 0.3) is 0 Å². The quantitative estimate of drug-likeness (QED) is 0.607. The number of benzene rings is 1. The first-order valence-electron chi connectivity index (χ1n) is 9.13. The molecule has 26 heavy (non-hydrogen) atoms. The molecule has 0 bridgehead atoms. The number of likely N-dealkylation sites (tertiary alicyclic amines) is 1. The zero-order chi connectivity index (χ0) is 18.5. The smallest absolute Gasteiger partial charge is 0.119 e. The van der Waals surface area contributed by atoms with Crippen molar-refractivity contribution in [1.29, 1.82) is 0 Å². The summed E-state index contributed by atoms with van der Waals surface area (Å²) in [5.74, 6) is 0.823. The molecule has 0 aliphatic carbocycles. The Morgan fingerprint density at radius 2 is 1.65 bits per heavy atom. The third kappa shape index (κ3) is 7.01. The Bertz CT molecular complexity index is 520. The van der Waals surface area contributed by atoms with Crippen LogP contribution in [0.1, 0.15) is 47.0 Å². The maximum absolute atomic E-state index is 10.4. The summed E-state index contributed by atoms with van der Waals surface area (Å²) < 4.78 is 12.3. The first-order valence-corrected chi connectivity index (χ1v) is 9.92. The number of ether oxygens (including phenoxy) is 2. The molecular weight excluding hydrogens is 418 g/mol. The van der Waals surface area contributed by atoms with Crippen LogP contribution in [0, 0.1) is 0 Å². The highest BCUT2D eigenvalue weighted by Gasteiger charge is 2.41. The van der Waals surface area contributed by atoms with Crippen molar-refractivity contribution in [2.75, 3.05) is 26.4 Å². The number of β-amino-alcohol motifs (C(OH)–C–C–N with tert-alkyl or cyclic N) is 1. The molecule has 1 aromatic rings. The second kappa shape index (κ2) is 10.3. The van der Waals surface area contributed by atoms with Crippen LogP contribution in [0.5, 0.6) is 5.75 Å². The second-order valence-electron chi connectivity index (χ2n) is 8.12. The van der Waals surface area contributed by atoms with E-state index >= 15 is 0 Å². The minimum Gasteiger partial charge on any atom is -1.00 e. The van der Waals surface area contributed by atoms with E-state index in [9.17, 15) is 5.11 Å². The Morgan fingerprint density at radius 3 is 2.23 bits per heavy atom. The van der Waals surface area contributed by atoms with Crippen molar-refractivity contribution in [1.82, 2.24) is 4.90 Å². The average Bonchev–Trinajstić information content (AvgIpc) is 2.52. The fraction of sp³-hybridized carbons (Fsp3) is 0.700. The molecular formula is C20H32BrClNO3-. The molecule has 1 aromatic carbocycles. The van der Waals surface area contributed by atoms with E-state index in [2.05, 4.69) is 48.5 Å². The molecule has 1 aliphatic rings. The molecule has 1 heterocycles. The molecule has 1 fully saturated rings. The fourth-order valence-corrected chi connectivity index (χ4v) is 4.03. The number of aliphatic hydroxyl groups excluding tert-OH is 1. The van der Waals surface area contributed by atoms with Crippen LogP contribution in [-0.2, 0) is 4.74 Å². The number of aliphatic hydroxyl groups is 1. The maximum atomic E-state index is 10.4. The molecule has 150 valence electrons. The van der Waals surface area contributed by atoms with Gasteiger partial charge in [-0.1, -0.05) is 15.9 Å². The van der Waals surface area contributed by atoms with Crippen LogP contribution in [-0.4, -0.2) is 53.6 Å². The minimum absolute atomic E-state index is 0. The molecule has 0 aromatic heterocycles. The molecule has 0 spiro atoms. The summed E-state index contributed by atoms with van der Waals surface area (Å²) in [7, 11) is 0. The van der Waals surface area contributed by atoms with E-state index in [0.29, 0.717) is 26.4 Å². The van der Waals surface area contributed by atoms with Crippen LogP contribution in [0.25, 0.3) is 0 Å². The first kappa shape index (κ1) is 23.7. The third-order valence-corrected chi connectivity index (χ3v) is 5.58. The van der Waals surface area contributed by atoms with Gasteiger partial charge in [-0.05, 0) is 71.2 Å². The Balaban J connectivity index is 0.00000338. The standard InChI is InChI=1S/C20H32BrNO3.ClH/c1-19(2)10-5-11-20(3,4)22(19)14-17(23)15-24-12-13-25-18-8-6-16(21)7-9-18;/h6-9,17,23H,5,10-15H2,1-4H3;1H/p-1. The summed E-state index contributed by atoms with van der Waals surface area (Å²) in [4.78, 5) is 2.44. The van der Waals surface area contributed by atoms with Gasteiger partial charge < -0.3 is 27.0 Å². The van der Waals surface area contributed by atoms with Crippen molar-refractivity contribution in [2.45, 2.75) is 64.1 Å². The lowest BCUT2D eigenvalue weighted by molar-refractivity contribution is -0.0710. The minimum atomic E-state index is -0.482. The van der Waals surface area contributed by atoms with E-state index in [4.69, 9.17) is 9.47 Å². The zero-order valence-corrected chi connectivity index (χ0v) is 18.6. The normalized spacial score (nSPS) is 20.2. The van der Waals surface area contributed by atoms with Crippen LogP contribution < -0.4 is 17.1 Å². The van der Waals surface area contributed by atoms with E-state index in [1.807, 2.05) is 24.3 Å². The van der Waals surface area contributed by atoms with Crippen molar-refractivity contribution in [3.8, 4) is 5.75 Å². The number of rotatable bonds is 8. The van der Waals surface area contributed by atoms with Crippen LogP contribution in [0.4, 0.5) is 0 Å². The van der Waals surface area contributed by atoms with E-state index in [0.717, 1.165) is 10.2 Å². The molecule has 0 saturated carbocycles. The molecule has 1 atom stereocenters. The molecule has 1 unspecified atom stereocenters. The van der Waals surface area contributed by atoms with Gasteiger partial charge >= 0.3 is 0 Å². The predicted octanol–water partition coefficient (Wildman–Crippen LogP) is 1.25. The SMILES string of the molecule is CC1(C)CCCC(C)(C)N1CC(O)COCCOc1ccc(Br)cc1.[Cl-]. The third-order valence-electron chi connectivity index (χ3n) is 5.05. The largest absolute Gasteiger partial charge is 1.00 e. The zero-order valence-electron chi connectivity index (χ0n) is 16.3. The van der Waals surface area contributed by atoms with Crippen molar-refractivity contribution in [3.63, 3.8) is 0 Å². The maximum Gasteiger partial charge on any atom is 0.119 e. The van der Waals surface area contributed by atoms with Gasteiger partial charge in [-0.3, -0.25) is 4.90 Å².